The molecule has 0 radical (unpaired) electrons. The molecule has 0 unspecified atom stereocenters. The predicted octanol–water partition coefficient (Wildman–Crippen LogP) is -1.60. The molecule has 43 heavy (non-hydrogen) atoms. The molecule has 0 spiro atoms. The Morgan fingerprint density at radius 1 is 1.05 bits per heavy atom. The Labute approximate surface area is 252 Å². The largest absolute Gasteiger partial charge is 0.477 e. The van der Waals surface area contributed by atoms with E-state index in [1.807, 2.05) is 6.92 Å². The number of carboxylic acid groups (broad SMARTS) is 1. The lowest BCUT2D eigenvalue weighted by Gasteiger charge is -2.40. The van der Waals surface area contributed by atoms with Crippen molar-refractivity contribution in [2.45, 2.75) is 57.6 Å². The Balaban J connectivity index is 0.0000185. The summed E-state index contributed by atoms with van der Waals surface area (Å²) in [7, 11) is 0. The number of aliphatic hydroxyl groups excluding tert-OH is 2. The van der Waals surface area contributed by atoms with Crippen molar-refractivity contribution < 1.29 is 59.6 Å². The lowest BCUT2D eigenvalue weighted by Crippen LogP contribution is -2.61. The molecular formula is C26H49N5O12. The minimum Gasteiger partial charge on any atom is -0.477 e. The minimum atomic E-state index is -1.72. The summed E-state index contributed by atoms with van der Waals surface area (Å²) in [4.78, 5) is 42.0. The van der Waals surface area contributed by atoms with Crippen LogP contribution in [0.3, 0.4) is 0 Å². The number of hydrogen-bond donors (Lipinski definition) is 6. The second kappa shape index (κ2) is 21.5. The number of ether oxygens (including phenoxy) is 6. The average Bonchev–Trinajstić information content (AvgIpc) is 2.95. The van der Waals surface area contributed by atoms with Gasteiger partial charge in [0.2, 0.25) is 11.7 Å². The van der Waals surface area contributed by atoms with Crippen LogP contribution in [0.2, 0.25) is 0 Å². The smallest absolute Gasteiger partial charge is 0.410 e. The fraction of sp³-hybridized carbons (Fsp3) is 0.769. The van der Waals surface area contributed by atoms with Crippen LogP contribution in [-0.4, -0.2) is 147 Å². The highest BCUT2D eigenvalue weighted by atomic mass is 16.6. The van der Waals surface area contributed by atoms with Gasteiger partial charge in [0.05, 0.1) is 64.9 Å². The number of carboxylic acids is 1. The molecule has 1 aliphatic heterocycles. The second-order valence-electron chi connectivity index (χ2n) is 9.32. The van der Waals surface area contributed by atoms with E-state index in [0.717, 1.165) is 12.5 Å². The Bertz CT molecular complexity index is 909. The van der Waals surface area contributed by atoms with E-state index in [1.54, 1.807) is 6.92 Å². The lowest BCUT2D eigenvalue weighted by molar-refractivity contribution is -0.146. The monoisotopic (exact) mass is 625 g/mol. The number of aliphatic carboxylic acids is 1. The molecule has 0 aromatic carbocycles. The van der Waals surface area contributed by atoms with Crippen molar-refractivity contribution in [2.75, 3.05) is 72.6 Å². The third kappa shape index (κ3) is 14.7. The normalized spacial score (nSPS) is 19.4. The quantitative estimate of drug-likeness (QED) is 0.0451. The van der Waals surface area contributed by atoms with Crippen LogP contribution < -0.4 is 16.8 Å². The predicted molar refractivity (Wildman–Crippen MR) is 154 cm³/mol. The van der Waals surface area contributed by atoms with E-state index in [0.29, 0.717) is 39.6 Å². The van der Waals surface area contributed by atoms with Crippen LogP contribution in [-0.2, 0) is 38.0 Å². The third-order valence-electron chi connectivity index (χ3n) is 5.92. The number of aliphatic imine (C=N–C) groups is 1. The Morgan fingerprint density at radius 3 is 2.07 bits per heavy atom. The van der Waals surface area contributed by atoms with E-state index in [4.69, 9.17) is 39.9 Å². The summed E-state index contributed by atoms with van der Waals surface area (Å²) < 4.78 is 32.7. The first-order chi connectivity index (χ1) is 20.5. The molecule has 2 amide bonds. The summed E-state index contributed by atoms with van der Waals surface area (Å²) in [6.07, 6.45) is -3.75. The Kier molecular flexibility index (Phi) is 18.9. The molecule has 0 aliphatic carbocycles. The minimum absolute atomic E-state index is 0. The zero-order chi connectivity index (χ0) is 32.2. The first kappa shape index (κ1) is 37.8. The van der Waals surface area contributed by atoms with E-state index in [2.05, 4.69) is 10.3 Å². The van der Waals surface area contributed by atoms with Gasteiger partial charge in [-0.1, -0.05) is 6.92 Å². The van der Waals surface area contributed by atoms with E-state index in [1.165, 1.54) is 11.8 Å². The van der Waals surface area contributed by atoms with Crippen LogP contribution in [0.15, 0.2) is 16.8 Å². The van der Waals surface area contributed by atoms with Gasteiger partial charge in [0.25, 0.3) is 0 Å². The number of guanidine groups is 1. The number of aliphatic hydroxyl groups is 2. The number of hydrogen-bond acceptors (Lipinski definition) is 12. The van der Waals surface area contributed by atoms with Crippen LogP contribution in [0.5, 0.6) is 0 Å². The molecule has 250 valence electrons. The average molecular weight is 626 g/mol. The van der Waals surface area contributed by atoms with Gasteiger partial charge in [0.1, 0.15) is 6.10 Å². The van der Waals surface area contributed by atoms with Gasteiger partial charge < -0.3 is 65.4 Å². The molecule has 0 saturated heterocycles. The molecule has 0 aromatic heterocycles. The number of nitrogens with one attached hydrogen (secondary N) is 1. The van der Waals surface area contributed by atoms with Crippen molar-refractivity contribution in [3.05, 3.63) is 11.8 Å². The number of carbonyl (C=O) groups is 3. The molecule has 1 rings (SSSR count). The van der Waals surface area contributed by atoms with Crippen LogP contribution in [0.1, 0.15) is 28.6 Å². The highest BCUT2D eigenvalue weighted by Gasteiger charge is 2.46. The fourth-order valence-corrected chi connectivity index (χ4v) is 3.92. The maximum absolute atomic E-state index is 13.1. The van der Waals surface area contributed by atoms with Crippen LogP contribution in [0, 0.1) is 0 Å². The van der Waals surface area contributed by atoms with Gasteiger partial charge in [-0.2, -0.15) is 0 Å². The Morgan fingerprint density at radius 2 is 1.60 bits per heavy atom. The summed E-state index contributed by atoms with van der Waals surface area (Å²) >= 11 is 0. The second-order valence-corrected chi connectivity index (χ2v) is 9.32. The standard InChI is InChI=1S/C26H47N5O12.H2/c1-4-7-38-9-11-40-13-14-41-12-10-39-8-6-31(5-2)26(37)43-22(19(34)16-32)23-21(29-17(3)33)18(30-25(27)28)15-20(42-23)24(35)36;/h15,18-19,21-23,32,34H,4-14,16H2,1-3H3,(H,29,33)(H,35,36)(H4,27,28,30);1H/t18-,19-,21+,22-,23+;/m1./s1/i;1+2. The van der Waals surface area contributed by atoms with Gasteiger partial charge in [-0.25, -0.2) is 14.6 Å². The molecular weight excluding hydrogens is 574 g/mol. The molecule has 8 N–H and O–H groups in total. The maximum Gasteiger partial charge on any atom is 0.410 e. The van der Waals surface area contributed by atoms with Crippen LogP contribution >= 0.6 is 0 Å². The molecule has 17 nitrogen and oxygen atoms in total. The lowest BCUT2D eigenvalue weighted by atomic mass is 9.92. The van der Waals surface area contributed by atoms with Gasteiger partial charge in [0, 0.05) is 28.0 Å². The number of nitrogens with two attached hydrogens (primary N) is 2. The van der Waals surface area contributed by atoms with Gasteiger partial charge in [-0.3, -0.25) is 4.79 Å². The van der Waals surface area contributed by atoms with Crippen molar-refractivity contribution in [1.82, 2.24) is 10.2 Å². The van der Waals surface area contributed by atoms with Crippen molar-refractivity contribution in [3.8, 4) is 0 Å². The topological polar surface area (TPSA) is 247 Å². The van der Waals surface area contributed by atoms with E-state index < -0.39 is 66.7 Å². The van der Waals surface area contributed by atoms with Crippen LogP contribution in [0.25, 0.3) is 0 Å². The molecule has 1 aliphatic rings. The first-order valence-electron chi connectivity index (χ1n) is 14.1. The number of likely N-dealkylation sites (N-methyl/N-ethyl adjacent to an activating group) is 1. The Hall–Kier alpha value is -3.22. The highest BCUT2D eigenvalue weighted by molar-refractivity contribution is 5.85. The number of rotatable bonds is 22. The summed E-state index contributed by atoms with van der Waals surface area (Å²) in [5.74, 6) is -3.08. The fourth-order valence-electron chi connectivity index (χ4n) is 3.92. The third-order valence-corrected chi connectivity index (χ3v) is 5.92. The highest BCUT2D eigenvalue weighted by Crippen LogP contribution is 2.27. The molecule has 0 fully saturated rings. The van der Waals surface area contributed by atoms with Gasteiger partial charge in [-0.15, -0.1) is 0 Å². The molecule has 17 heteroatoms. The zero-order valence-corrected chi connectivity index (χ0v) is 25.0. The van der Waals surface area contributed by atoms with E-state index >= 15 is 0 Å². The molecule has 0 aromatic rings. The van der Waals surface area contributed by atoms with Crippen molar-refractivity contribution in [2.24, 2.45) is 16.5 Å². The first-order valence-corrected chi connectivity index (χ1v) is 14.1. The SMILES string of the molecule is CCCOCCOCCOCCOCCN(CC)C(=O)O[C@@H]([C@H]1OC(C(=O)O)=C[C@@H](N=C(N)N)[C@@H]1NC(C)=O)[C@H](O)CO.[3HH]. The van der Waals surface area contributed by atoms with Crippen molar-refractivity contribution in [3.63, 3.8) is 0 Å². The summed E-state index contributed by atoms with van der Waals surface area (Å²) in [6, 6.07) is -2.34. The zero-order valence-electron chi connectivity index (χ0n) is 25.0. The summed E-state index contributed by atoms with van der Waals surface area (Å²) in [6.45, 7) is 7.60. The molecule has 1 heterocycles. The van der Waals surface area contributed by atoms with Gasteiger partial charge in [0.15, 0.2) is 18.2 Å². The van der Waals surface area contributed by atoms with Crippen molar-refractivity contribution in [1.29, 1.82) is 0 Å². The molecule has 5 atom stereocenters. The molecule has 0 bridgehead atoms. The summed E-state index contributed by atoms with van der Waals surface area (Å²) in [5, 5.41) is 32.4. The number of amides is 2. The van der Waals surface area contributed by atoms with Gasteiger partial charge in [-0.05, 0) is 19.4 Å². The van der Waals surface area contributed by atoms with Crippen LogP contribution in [0.4, 0.5) is 4.79 Å². The molecule has 0 saturated carbocycles. The van der Waals surface area contributed by atoms with E-state index in [-0.39, 0.29) is 27.7 Å². The van der Waals surface area contributed by atoms with Gasteiger partial charge >= 0.3 is 12.1 Å². The number of nitrogens with zero attached hydrogens (tertiary/aromatic N) is 2. The van der Waals surface area contributed by atoms with Crippen molar-refractivity contribution >= 4 is 23.9 Å². The summed E-state index contributed by atoms with van der Waals surface area (Å²) in [5.41, 5.74) is 11.0. The van der Waals surface area contributed by atoms with E-state index in [9.17, 15) is 29.7 Å². The number of carbonyl (C=O) groups excluding carboxylic acids is 2. The maximum atomic E-state index is 13.1.